The van der Waals surface area contributed by atoms with Gasteiger partial charge in [0.1, 0.15) is 0 Å². The first kappa shape index (κ1) is 14.0. The smallest absolute Gasteiger partial charge is 0.241 e. The van der Waals surface area contributed by atoms with E-state index in [4.69, 9.17) is 16.1 Å². The van der Waals surface area contributed by atoms with Gasteiger partial charge in [-0.25, -0.2) is 0 Å². The third-order valence-electron chi connectivity index (χ3n) is 2.70. The summed E-state index contributed by atoms with van der Waals surface area (Å²) in [6.07, 6.45) is 0. The molecule has 6 heteroatoms. The molecule has 2 rings (SSSR count). The van der Waals surface area contributed by atoms with E-state index in [1.165, 1.54) is 0 Å². The molecule has 0 amide bonds. The summed E-state index contributed by atoms with van der Waals surface area (Å²) in [5.74, 6) is 1.17. The van der Waals surface area contributed by atoms with Gasteiger partial charge < -0.3 is 9.84 Å². The molecule has 0 aliphatic heterocycles. The molecule has 1 heterocycles. The van der Waals surface area contributed by atoms with Gasteiger partial charge in [-0.3, -0.25) is 4.90 Å². The van der Waals surface area contributed by atoms with Crippen molar-refractivity contribution in [3.05, 3.63) is 35.2 Å². The minimum Gasteiger partial charge on any atom is -0.338 e. The molecular formula is C13H17ClN4O. The molecule has 1 aromatic carbocycles. The minimum absolute atomic E-state index is 0.569. The zero-order chi connectivity index (χ0) is 13.7. The zero-order valence-electron chi connectivity index (χ0n) is 11.1. The highest BCUT2D eigenvalue weighted by molar-refractivity contribution is 6.30. The molecule has 0 bridgehead atoms. The lowest BCUT2D eigenvalue weighted by molar-refractivity contribution is 0.268. The Bertz CT molecular complexity index is 529. The van der Waals surface area contributed by atoms with Crippen LogP contribution in [0.4, 0.5) is 0 Å². The molecule has 0 atom stereocenters. The summed E-state index contributed by atoms with van der Waals surface area (Å²) in [6, 6.07) is 7.41. The second kappa shape index (κ2) is 6.65. The van der Waals surface area contributed by atoms with Crippen molar-refractivity contribution in [2.45, 2.75) is 6.54 Å². The highest BCUT2D eigenvalue weighted by Crippen LogP contribution is 2.20. The van der Waals surface area contributed by atoms with Crippen molar-refractivity contribution >= 4 is 11.6 Å². The lowest BCUT2D eigenvalue weighted by Crippen LogP contribution is -2.27. The van der Waals surface area contributed by atoms with Gasteiger partial charge in [0.05, 0.1) is 6.54 Å². The Kier molecular flexibility index (Phi) is 4.90. The molecule has 5 nitrogen and oxygen atoms in total. The van der Waals surface area contributed by atoms with E-state index in [0.29, 0.717) is 23.3 Å². The van der Waals surface area contributed by atoms with Gasteiger partial charge in [0.25, 0.3) is 0 Å². The fourth-order valence-corrected chi connectivity index (χ4v) is 1.87. The molecule has 0 radical (unpaired) electrons. The molecule has 0 saturated heterocycles. The molecule has 0 aliphatic rings. The molecule has 102 valence electrons. The lowest BCUT2D eigenvalue weighted by Gasteiger charge is -2.12. The molecule has 0 aliphatic carbocycles. The van der Waals surface area contributed by atoms with E-state index >= 15 is 0 Å². The van der Waals surface area contributed by atoms with Crippen molar-refractivity contribution < 1.29 is 4.52 Å². The second-order valence-electron chi connectivity index (χ2n) is 4.36. The van der Waals surface area contributed by atoms with Gasteiger partial charge in [-0.15, -0.1) is 0 Å². The molecule has 2 aromatic rings. The summed E-state index contributed by atoms with van der Waals surface area (Å²) in [5.41, 5.74) is 0.861. The molecule has 1 N–H and O–H groups in total. The van der Waals surface area contributed by atoms with Crippen LogP contribution in [0.1, 0.15) is 5.89 Å². The number of rotatable bonds is 6. The first-order chi connectivity index (χ1) is 9.19. The van der Waals surface area contributed by atoms with Crippen molar-refractivity contribution in [3.8, 4) is 11.4 Å². The van der Waals surface area contributed by atoms with E-state index in [2.05, 4.69) is 20.4 Å². The topological polar surface area (TPSA) is 54.2 Å². The number of likely N-dealkylation sites (N-methyl/N-ethyl adjacent to an activating group) is 2. The number of benzene rings is 1. The van der Waals surface area contributed by atoms with Gasteiger partial charge in [0.15, 0.2) is 0 Å². The van der Waals surface area contributed by atoms with Crippen LogP contribution in [0.2, 0.25) is 5.02 Å². The van der Waals surface area contributed by atoms with Crippen LogP contribution in [0.3, 0.4) is 0 Å². The van der Waals surface area contributed by atoms with E-state index in [-0.39, 0.29) is 0 Å². The second-order valence-corrected chi connectivity index (χ2v) is 4.80. The molecule has 0 fully saturated rings. The Morgan fingerprint density at radius 2 is 2.26 bits per heavy atom. The number of hydrogen-bond donors (Lipinski definition) is 1. The summed E-state index contributed by atoms with van der Waals surface area (Å²) in [6.45, 7) is 2.48. The third-order valence-corrected chi connectivity index (χ3v) is 2.93. The maximum absolute atomic E-state index is 5.94. The Labute approximate surface area is 117 Å². The van der Waals surface area contributed by atoms with Gasteiger partial charge in [0, 0.05) is 23.7 Å². The summed E-state index contributed by atoms with van der Waals surface area (Å²) in [7, 11) is 3.94. The van der Waals surface area contributed by atoms with Crippen molar-refractivity contribution in [1.29, 1.82) is 0 Å². The van der Waals surface area contributed by atoms with Crippen molar-refractivity contribution in [2.75, 3.05) is 27.2 Å². The standard InChI is InChI=1S/C13H17ClN4O/c1-15-6-7-18(2)9-12-16-13(17-19-12)10-4-3-5-11(14)8-10/h3-5,8,15H,6-7,9H2,1-2H3. The number of nitrogens with zero attached hydrogens (tertiary/aromatic N) is 3. The molecule has 1 aromatic heterocycles. The maximum atomic E-state index is 5.94. The van der Waals surface area contributed by atoms with Gasteiger partial charge >= 0.3 is 0 Å². The Balaban J connectivity index is 2.03. The van der Waals surface area contributed by atoms with Crippen LogP contribution < -0.4 is 5.32 Å². The van der Waals surface area contributed by atoms with Gasteiger partial charge in [-0.2, -0.15) is 4.98 Å². The Hall–Kier alpha value is -1.43. The molecule has 0 spiro atoms. The highest BCUT2D eigenvalue weighted by Gasteiger charge is 2.10. The van der Waals surface area contributed by atoms with E-state index < -0.39 is 0 Å². The third kappa shape index (κ3) is 4.02. The largest absolute Gasteiger partial charge is 0.338 e. The van der Waals surface area contributed by atoms with Crippen LogP contribution >= 0.6 is 11.6 Å². The number of aromatic nitrogens is 2. The van der Waals surface area contributed by atoms with Crippen LogP contribution in [-0.2, 0) is 6.54 Å². The first-order valence-electron chi connectivity index (χ1n) is 6.10. The van der Waals surface area contributed by atoms with Crippen LogP contribution in [-0.4, -0.2) is 42.2 Å². The lowest BCUT2D eigenvalue weighted by atomic mass is 10.2. The zero-order valence-corrected chi connectivity index (χ0v) is 11.8. The number of hydrogen-bond acceptors (Lipinski definition) is 5. The van der Waals surface area contributed by atoms with Gasteiger partial charge in [0.2, 0.25) is 11.7 Å². The van der Waals surface area contributed by atoms with E-state index in [0.717, 1.165) is 18.7 Å². The van der Waals surface area contributed by atoms with Crippen LogP contribution in [0.15, 0.2) is 28.8 Å². The molecule has 0 unspecified atom stereocenters. The predicted molar refractivity (Wildman–Crippen MR) is 75.0 cm³/mol. The quantitative estimate of drug-likeness (QED) is 0.878. The fraction of sp³-hybridized carbons (Fsp3) is 0.385. The minimum atomic E-state index is 0.569. The van der Waals surface area contributed by atoms with E-state index in [1.54, 1.807) is 0 Å². The number of nitrogens with one attached hydrogen (secondary N) is 1. The Morgan fingerprint density at radius 3 is 3.00 bits per heavy atom. The van der Waals surface area contributed by atoms with Crippen molar-refractivity contribution in [2.24, 2.45) is 0 Å². The monoisotopic (exact) mass is 280 g/mol. The first-order valence-corrected chi connectivity index (χ1v) is 6.48. The van der Waals surface area contributed by atoms with Crippen LogP contribution in [0, 0.1) is 0 Å². The summed E-state index contributed by atoms with van der Waals surface area (Å²) < 4.78 is 5.24. The number of halogens is 1. The SMILES string of the molecule is CNCCN(C)Cc1nc(-c2cccc(Cl)c2)no1. The van der Waals surface area contributed by atoms with E-state index in [1.807, 2.05) is 38.4 Å². The van der Waals surface area contributed by atoms with Crippen molar-refractivity contribution in [3.63, 3.8) is 0 Å². The molecule has 19 heavy (non-hydrogen) atoms. The van der Waals surface area contributed by atoms with Gasteiger partial charge in [-0.05, 0) is 26.2 Å². The molecule has 0 saturated carbocycles. The van der Waals surface area contributed by atoms with E-state index in [9.17, 15) is 0 Å². The van der Waals surface area contributed by atoms with Crippen LogP contribution in [0.25, 0.3) is 11.4 Å². The normalized spacial score (nSPS) is 11.2. The highest BCUT2D eigenvalue weighted by atomic mass is 35.5. The summed E-state index contributed by atoms with van der Waals surface area (Å²) >= 11 is 5.94. The van der Waals surface area contributed by atoms with Crippen molar-refractivity contribution in [1.82, 2.24) is 20.4 Å². The average molecular weight is 281 g/mol. The fourth-order valence-electron chi connectivity index (χ4n) is 1.68. The predicted octanol–water partition coefficient (Wildman–Crippen LogP) is 2.04. The Morgan fingerprint density at radius 1 is 1.42 bits per heavy atom. The maximum Gasteiger partial charge on any atom is 0.241 e. The van der Waals surface area contributed by atoms with Gasteiger partial charge in [-0.1, -0.05) is 28.9 Å². The average Bonchev–Trinajstić information content (AvgIpc) is 2.85. The van der Waals surface area contributed by atoms with Crippen LogP contribution in [0.5, 0.6) is 0 Å². The summed E-state index contributed by atoms with van der Waals surface area (Å²) in [5, 5.41) is 7.73. The summed E-state index contributed by atoms with van der Waals surface area (Å²) in [4.78, 5) is 6.49. The molecular weight excluding hydrogens is 264 g/mol.